The van der Waals surface area contributed by atoms with Gasteiger partial charge >= 0.3 is 6.18 Å². The van der Waals surface area contributed by atoms with Crippen molar-refractivity contribution in [1.29, 1.82) is 0 Å². The highest BCUT2D eigenvalue weighted by atomic mass is 19.4. The molecular formula is C11H12F3N3O3. The van der Waals surface area contributed by atoms with E-state index in [2.05, 4.69) is 5.32 Å². The fourth-order valence-corrected chi connectivity index (χ4v) is 1.37. The summed E-state index contributed by atoms with van der Waals surface area (Å²) in [6.07, 6.45) is -4.78. The molecule has 0 unspecified atom stereocenters. The first kappa shape index (κ1) is 15.9. The molecule has 0 saturated heterocycles. The second-order valence-electron chi connectivity index (χ2n) is 4.21. The summed E-state index contributed by atoms with van der Waals surface area (Å²) in [5.74, 6) is -0.850. The largest absolute Gasteiger partial charge is 0.416 e. The predicted octanol–water partition coefficient (Wildman–Crippen LogP) is 1.69. The monoisotopic (exact) mass is 291 g/mol. The SMILES string of the molecule is C[C@H](N)CNC(=O)c1cc([N+](=O)[O-])cc(C(F)(F)F)c1. The van der Waals surface area contributed by atoms with Gasteiger partial charge < -0.3 is 11.1 Å². The van der Waals surface area contributed by atoms with E-state index in [4.69, 9.17) is 5.73 Å². The highest BCUT2D eigenvalue weighted by Crippen LogP contribution is 2.32. The van der Waals surface area contributed by atoms with Crippen LogP contribution in [0.4, 0.5) is 18.9 Å². The lowest BCUT2D eigenvalue weighted by molar-refractivity contribution is -0.385. The van der Waals surface area contributed by atoms with Gasteiger partial charge in [-0.05, 0) is 13.0 Å². The molecule has 0 bridgehead atoms. The number of rotatable bonds is 4. The summed E-state index contributed by atoms with van der Waals surface area (Å²) in [6, 6.07) is 1.33. The third-order valence-corrected chi connectivity index (χ3v) is 2.30. The average molecular weight is 291 g/mol. The molecule has 0 radical (unpaired) electrons. The molecule has 1 aromatic rings. The van der Waals surface area contributed by atoms with Gasteiger partial charge in [-0.3, -0.25) is 14.9 Å². The standard InChI is InChI=1S/C11H12F3N3O3/c1-6(15)5-16-10(18)7-2-8(11(12,13)14)4-9(3-7)17(19)20/h2-4,6H,5,15H2,1H3,(H,16,18)/t6-/m0/s1. The summed E-state index contributed by atoms with van der Waals surface area (Å²) in [6.45, 7) is 1.64. The van der Waals surface area contributed by atoms with Gasteiger partial charge in [0.1, 0.15) is 0 Å². The van der Waals surface area contributed by atoms with Crippen molar-refractivity contribution in [3.8, 4) is 0 Å². The van der Waals surface area contributed by atoms with Crippen LogP contribution in [0.3, 0.4) is 0 Å². The molecule has 0 aliphatic rings. The molecule has 0 aliphatic carbocycles. The molecule has 0 heterocycles. The fourth-order valence-electron chi connectivity index (χ4n) is 1.37. The van der Waals surface area contributed by atoms with Crippen LogP contribution in [0.15, 0.2) is 18.2 Å². The number of hydrogen-bond acceptors (Lipinski definition) is 4. The molecule has 20 heavy (non-hydrogen) atoms. The Morgan fingerprint density at radius 1 is 1.45 bits per heavy atom. The molecule has 110 valence electrons. The summed E-state index contributed by atoms with van der Waals surface area (Å²) < 4.78 is 37.8. The molecular weight excluding hydrogens is 279 g/mol. The van der Waals surface area contributed by atoms with E-state index in [-0.39, 0.29) is 12.6 Å². The zero-order valence-corrected chi connectivity index (χ0v) is 10.4. The maximum Gasteiger partial charge on any atom is 0.416 e. The van der Waals surface area contributed by atoms with Crippen molar-refractivity contribution in [2.75, 3.05) is 6.54 Å². The number of amides is 1. The van der Waals surface area contributed by atoms with Gasteiger partial charge in [-0.2, -0.15) is 13.2 Å². The number of carbonyl (C=O) groups is 1. The number of nitrogens with zero attached hydrogens (tertiary/aromatic N) is 1. The minimum atomic E-state index is -4.78. The van der Waals surface area contributed by atoms with Gasteiger partial charge in [0.05, 0.1) is 10.5 Å². The summed E-state index contributed by atoms with van der Waals surface area (Å²) in [5.41, 5.74) is 2.90. The lowest BCUT2D eigenvalue weighted by Crippen LogP contribution is -2.35. The summed E-state index contributed by atoms with van der Waals surface area (Å²) in [5, 5.41) is 12.9. The van der Waals surface area contributed by atoms with E-state index in [0.29, 0.717) is 12.1 Å². The number of benzene rings is 1. The number of non-ortho nitro benzene ring substituents is 1. The van der Waals surface area contributed by atoms with Crippen LogP contribution in [-0.4, -0.2) is 23.4 Å². The van der Waals surface area contributed by atoms with E-state index in [1.54, 1.807) is 6.92 Å². The molecule has 1 amide bonds. The zero-order valence-electron chi connectivity index (χ0n) is 10.4. The first-order chi connectivity index (χ1) is 9.11. The minimum absolute atomic E-state index is 0.0445. The van der Waals surface area contributed by atoms with Crippen LogP contribution < -0.4 is 11.1 Å². The van der Waals surface area contributed by atoms with Crippen molar-refractivity contribution in [3.05, 3.63) is 39.4 Å². The Balaban J connectivity index is 3.16. The van der Waals surface area contributed by atoms with Crippen molar-refractivity contribution in [2.24, 2.45) is 5.73 Å². The van der Waals surface area contributed by atoms with Crippen LogP contribution >= 0.6 is 0 Å². The highest BCUT2D eigenvalue weighted by molar-refractivity contribution is 5.95. The molecule has 0 fully saturated rings. The molecule has 0 spiro atoms. The van der Waals surface area contributed by atoms with Gasteiger partial charge in [-0.15, -0.1) is 0 Å². The Labute approximate surface area is 111 Å². The van der Waals surface area contributed by atoms with Crippen LogP contribution in [0, 0.1) is 10.1 Å². The van der Waals surface area contributed by atoms with Crippen molar-refractivity contribution < 1.29 is 22.9 Å². The number of hydrogen-bond donors (Lipinski definition) is 2. The maximum absolute atomic E-state index is 12.6. The van der Waals surface area contributed by atoms with Crippen molar-refractivity contribution >= 4 is 11.6 Å². The number of halogens is 3. The number of carbonyl (C=O) groups excluding carboxylic acids is 1. The van der Waals surface area contributed by atoms with E-state index in [1.165, 1.54) is 0 Å². The zero-order chi connectivity index (χ0) is 15.5. The second kappa shape index (κ2) is 5.87. The first-order valence-corrected chi connectivity index (χ1v) is 5.51. The highest BCUT2D eigenvalue weighted by Gasteiger charge is 2.33. The van der Waals surface area contributed by atoms with E-state index >= 15 is 0 Å². The Morgan fingerprint density at radius 2 is 2.05 bits per heavy atom. The molecule has 9 heteroatoms. The van der Waals surface area contributed by atoms with E-state index in [9.17, 15) is 28.1 Å². The molecule has 3 N–H and O–H groups in total. The van der Waals surface area contributed by atoms with Gasteiger partial charge in [0.15, 0.2) is 0 Å². The molecule has 1 aromatic carbocycles. The minimum Gasteiger partial charge on any atom is -0.350 e. The molecule has 6 nitrogen and oxygen atoms in total. The normalized spacial score (nSPS) is 12.8. The summed E-state index contributed by atoms with van der Waals surface area (Å²) >= 11 is 0. The van der Waals surface area contributed by atoms with Gasteiger partial charge in [0, 0.05) is 30.3 Å². The van der Waals surface area contributed by atoms with Gasteiger partial charge in [0.2, 0.25) is 0 Å². The van der Waals surface area contributed by atoms with Gasteiger partial charge in [-0.1, -0.05) is 0 Å². The van der Waals surface area contributed by atoms with Crippen LogP contribution in [0.2, 0.25) is 0 Å². The molecule has 0 saturated carbocycles. The Kier molecular flexibility index (Phi) is 4.66. The van der Waals surface area contributed by atoms with E-state index < -0.39 is 33.8 Å². The van der Waals surface area contributed by atoms with Crippen molar-refractivity contribution in [1.82, 2.24) is 5.32 Å². The lowest BCUT2D eigenvalue weighted by atomic mass is 10.1. The Bertz CT molecular complexity index is 529. The van der Waals surface area contributed by atoms with Gasteiger partial charge in [-0.25, -0.2) is 0 Å². The quantitative estimate of drug-likeness (QED) is 0.651. The molecule has 1 atom stereocenters. The van der Waals surface area contributed by atoms with Gasteiger partial charge in [0.25, 0.3) is 11.6 Å². The number of alkyl halides is 3. The number of nitro benzene ring substituents is 1. The molecule has 0 aliphatic heterocycles. The third-order valence-electron chi connectivity index (χ3n) is 2.30. The second-order valence-corrected chi connectivity index (χ2v) is 4.21. The summed E-state index contributed by atoms with van der Waals surface area (Å²) in [7, 11) is 0. The predicted molar refractivity (Wildman–Crippen MR) is 64.1 cm³/mol. The van der Waals surface area contributed by atoms with Crippen LogP contribution in [0.25, 0.3) is 0 Å². The van der Waals surface area contributed by atoms with Crippen molar-refractivity contribution in [3.63, 3.8) is 0 Å². The first-order valence-electron chi connectivity index (χ1n) is 5.51. The third kappa shape index (κ3) is 4.19. The molecule has 1 rings (SSSR count). The van der Waals surface area contributed by atoms with Crippen LogP contribution in [-0.2, 0) is 6.18 Å². The van der Waals surface area contributed by atoms with Crippen LogP contribution in [0.5, 0.6) is 0 Å². The number of nitrogens with one attached hydrogen (secondary N) is 1. The molecule has 0 aromatic heterocycles. The summed E-state index contributed by atoms with van der Waals surface area (Å²) in [4.78, 5) is 21.3. The van der Waals surface area contributed by atoms with Crippen molar-refractivity contribution in [2.45, 2.75) is 19.1 Å². The van der Waals surface area contributed by atoms with E-state index in [1.807, 2.05) is 0 Å². The lowest BCUT2D eigenvalue weighted by Gasteiger charge is -2.10. The maximum atomic E-state index is 12.6. The number of nitro groups is 1. The Morgan fingerprint density at radius 3 is 2.50 bits per heavy atom. The van der Waals surface area contributed by atoms with Crippen LogP contribution in [0.1, 0.15) is 22.8 Å². The topological polar surface area (TPSA) is 98.3 Å². The van der Waals surface area contributed by atoms with E-state index in [0.717, 1.165) is 6.07 Å². The average Bonchev–Trinajstić information content (AvgIpc) is 2.34. The number of nitrogens with two attached hydrogens (primary N) is 1. The smallest absolute Gasteiger partial charge is 0.350 e. The fraction of sp³-hybridized carbons (Fsp3) is 0.364. The Hall–Kier alpha value is -2.16.